The highest BCUT2D eigenvalue weighted by Gasteiger charge is 2.38. The quantitative estimate of drug-likeness (QED) is 0.735. The highest BCUT2D eigenvalue weighted by Crippen LogP contribution is 2.41. The smallest absolute Gasteiger partial charge is 0.418 e. The van der Waals surface area contributed by atoms with E-state index in [0.717, 1.165) is 17.4 Å². The number of halogens is 3. The van der Waals surface area contributed by atoms with Gasteiger partial charge < -0.3 is 24.8 Å². The van der Waals surface area contributed by atoms with E-state index < -0.39 is 29.8 Å². The summed E-state index contributed by atoms with van der Waals surface area (Å²) in [6.07, 6.45) is -5.34. The lowest BCUT2D eigenvalue weighted by atomic mass is 9.92. The first-order chi connectivity index (χ1) is 14.2. The Hall–Kier alpha value is -2.60. The third kappa shape index (κ3) is 4.15. The van der Waals surface area contributed by atoms with Crippen molar-refractivity contribution >= 4 is 33.6 Å². The van der Waals surface area contributed by atoms with E-state index in [0.29, 0.717) is 26.1 Å². The Morgan fingerprint density at radius 3 is 2.60 bits per heavy atom. The molecule has 2 aliphatic rings. The zero-order valence-corrected chi connectivity index (χ0v) is 16.6. The number of pyridine rings is 1. The summed E-state index contributed by atoms with van der Waals surface area (Å²) in [5.74, 6) is -0.753. The first-order valence-corrected chi connectivity index (χ1v) is 10.1. The molecule has 1 saturated heterocycles. The van der Waals surface area contributed by atoms with Crippen LogP contribution in [0.25, 0.3) is 10.2 Å². The molecule has 3 heterocycles. The summed E-state index contributed by atoms with van der Waals surface area (Å²) in [7, 11) is 1.39. The second kappa shape index (κ2) is 7.91. The first kappa shape index (κ1) is 20.7. The normalized spacial score (nSPS) is 21.5. The lowest BCUT2D eigenvalue weighted by Gasteiger charge is -2.35. The van der Waals surface area contributed by atoms with Crippen molar-refractivity contribution in [3.8, 4) is 5.88 Å². The van der Waals surface area contributed by atoms with Crippen molar-refractivity contribution < 1.29 is 37.0 Å². The molecule has 2 aromatic rings. The van der Waals surface area contributed by atoms with E-state index in [-0.39, 0.29) is 33.8 Å². The molecule has 0 bridgehead atoms. The van der Waals surface area contributed by atoms with Gasteiger partial charge in [-0.05, 0) is 0 Å². The lowest BCUT2D eigenvalue weighted by Crippen LogP contribution is -2.51. The van der Waals surface area contributed by atoms with Gasteiger partial charge in [0.05, 0.1) is 40.6 Å². The Labute approximate surface area is 172 Å². The molecule has 12 heteroatoms. The highest BCUT2D eigenvalue weighted by molar-refractivity contribution is 7.17. The van der Waals surface area contributed by atoms with Gasteiger partial charge in [-0.3, -0.25) is 4.79 Å². The minimum absolute atomic E-state index is 0.0542. The molecular weight excluding hydrogens is 427 g/mol. The van der Waals surface area contributed by atoms with Gasteiger partial charge in [-0.2, -0.15) is 13.2 Å². The number of aromatic nitrogens is 1. The number of carbonyl (C=O) groups excluding carboxylic acids is 2. The number of amides is 2. The monoisotopic (exact) mass is 445 g/mol. The van der Waals surface area contributed by atoms with Crippen molar-refractivity contribution in [1.82, 2.24) is 15.6 Å². The molecule has 4 rings (SSSR count). The molecule has 0 spiro atoms. The minimum atomic E-state index is -4.63. The van der Waals surface area contributed by atoms with E-state index in [2.05, 4.69) is 15.6 Å². The second-order valence-corrected chi connectivity index (χ2v) is 7.91. The molecule has 162 valence electrons. The summed E-state index contributed by atoms with van der Waals surface area (Å²) in [6.45, 7) is 0.892. The summed E-state index contributed by atoms with van der Waals surface area (Å²) in [5.41, 5.74) is -0.907. The number of fused-ring (bicyclic) bond motifs is 1. The van der Waals surface area contributed by atoms with Gasteiger partial charge in [0.15, 0.2) is 0 Å². The Balaban J connectivity index is 1.45. The zero-order valence-electron chi connectivity index (χ0n) is 15.7. The predicted molar refractivity (Wildman–Crippen MR) is 99.7 cm³/mol. The van der Waals surface area contributed by atoms with Crippen LogP contribution >= 0.6 is 11.3 Å². The van der Waals surface area contributed by atoms with Crippen LogP contribution in [-0.4, -0.2) is 55.5 Å². The minimum Gasteiger partial charge on any atom is -0.474 e. The Bertz CT molecular complexity index is 970. The van der Waals surface area contributed by atoms with Gasteiger partial charge in [-0.25, -0.2) is 9.78 Å². The van der Waals surface area contributed by atoms with E-state index in [9.17, 15) is 22.8 Å². The number of nitrogens with zero attached hydrogens (tertiary/aromatic N) is 1. The van der Waals surface area contributed by atoms with Gasteiger partial charge in [0.25, 0.3) is 5.91 Å². The molecule has 2 amide bonds. The fourth-order valence-corrected chi connectivity index (χ4v) is 4.13. The maximum absolute atomic E-state index is 13.5. The van der Waals surface area contributed by atoms with Crippen LogP contribution in [0.1, 0.15) is 28.8 Å². The molecule has 0 radical (unpaired) electrons. The van der Waals surface area contributed by atoms with Crippen LogP contribution in [0.4, 0.5) is 18.0 Å². The fraction of sp³-hybridized carbons (Fsp3) is 0.500. The van der Waals surface area contributed by atoms with E-state index >= 15 is 0 Å². The van der Waals surface area contributed by atoms with Crippen molar-refractivity contribution in [3.05, 3.63) is 22.6 Å². The average molecular weight is 445 g/mol. The first-order valence-electron chi connectivity index (χ1n) is 9.17. The van der Waals surface area contributed by atoms with Crippen LogP contribution in [0.15, 0.2) is 11.4 Å². The van der Waals surface area contributed by atoms with E-state index in [1.54, 1.807) is 0 Å². The van der Waals surface area contributed by atoms with Crippen LogP contribution < -0.4 is 15.4 Å². The summed E-state index contributed by atoms with van der Waals surface area (Å²) >= 11 is 0.805. The summed E-state index contributed by atoms with van der Waals surface area (Å²) < 4.78 is 56.2. The van der Waals surface area contributed by atoms with E-state index in [1.807, 2.05) is 0 Å². The molecular formula is C18H18F3N3O5S. The number of alkyl halides is 3. The fourth-order valence-electron chi connectivity index (χ4n) is 3.10. The van der Waals surface area contributed by atoms with Gasteiger partial charge >= 0.3 is 12.3 Å². The second-order valence-electron chi connectivity index (χ2n) is 7.03. The Kier molecular flexibility index (Phi) is 5.45. The van der Waals surface area contributed by atoms with Crippen molar-refractivity contribution in [2.24, 2.45) is 0 Å². The maximum Gasteiger partial charge on any atom is 0.418 e. The van der Waals surface area contributed by atoms with Gasteiger partial charge in [-0.15, -0.1) is 11.3 Å². The van der Waals surface area contributed by atoms with Gasteiger partial charge in [-0.1, -0.05) is 0 Å². The number of thiophene rings is 1. The van der Waals surface area contributed by atoms with Crippen LogP contribution in [0.2, 0.25) is 0 Å². The number of rotatable bonds is 5. The van der Waals surface area contributed by atoms with E-state index in [4.69, 9.17) is 14.2 Å². The summed E-state index contributed by atoms with van der Waals surface area (Å²) in [4.78, 5) is 27.8. The molecule has 2 fully saturated rings. The number of hydrogen-bond donors (Lipinski definition) is 2. The number of alkyl carbamates (subject to hydrolysis) is 1. The molecule has 0 aromatic carbocycles. The molecule has 1 saturated carbocycles. The molecule has 2 aromatic heterocycles. The van der Waals surface area contributed by atoms with Crippen LogP contribution in [0.3, 0.4) is 0 Å². The third-order valence-electron chi connectivity index (χ3n) is 4.85. The Morgan fingerprint density at radius 1 is 1.27 bits per heavy atom. The molecule has 2 N–H and O–H groups in total. The topological polar surface area (TPSA) is 98.8 Å². The Morgan fingerprint density at radius 2 is 2.00 bits per heavy atom. The molecule has 30 heavy (non-hydrogen) atoms. The van der Waals surface area contributed by atoms with Crippen molar-refractivity contribution in [2.45, 2.75) is 37.3 Å². The predicted octanol–water partition coefficient (Wildman–Crippen LogP) is 2.71. The van der Waals surface area contributed by atoms with Crippen LogP contribution in [-0.2, 0) is 15.7 Å². The molecule has 1 aliphatic heterocycles. The molecule has 0 atom stereocenters. The lowest BCUT2D eigenvalue weighted by molar-refractivity contribution is -0.136. The summed E-state index contributed by atoms with van der Waals surface area (Å²) in [5, 5.41) is 6.37. The zero-order chi connectivity index (χ0) is 21.5. The average Bonchev–Trinajstić information content (AvgIpc) is 3.04. The SMILES string of the molecule is CNC(=O)c1csc2c(C(F)(F)F)cc(OC3CC(OC(=O)NC4COC4)C3)nc12. The van der Waals surface area contributed by atoms with Gasteiger partial charge in [0, 0.05) is 31.3 Å². The number of ether oxygens (including phenoxy) is 3. The molecule has 1 aliphatic carbocycles. The van der Waals surface area contributed by atoms with E-state index in [1.165, 1.54) is 12.4 Å². The van der Waals surface area contributed by atoms with Gasteiger partial charge in [0.2, 0.25) is 5.88 Å². The summed E-state index contributed by atoms with van der Waals surface area (Å²) in [6, 6.07) is 0.783. The number of nitrogens with one attached hydrogen (secondary N) is 2. The molecule has 8 nitrogen and oxygen atoms in total. The van der Waals surface area contributed by atoms with Crippen molar-refractivity contribution in [1.29, 1.82) is 0 Å². The van der Waals surface area contributed by atoms with Crippen molar-refractivity contribution in [2.75, 3.05) is 20.3 Å². The standard InChI is InChI=1S/C18H18F3N3O5S/c1-22-16(25)11-7-30-15-12(18(19,20)21)4-13(24-14(11)15)28-9-2-10(3-9)29-17(26)23-8-5-27-6-8/h4,7-10H,2-3,5-6H2,1H3,(H,22,25)(H,23,26). The molecule has 0 unspecified atom stereocenters. The maximum atomic E-state index is 13.5. The van der Waals surface area contributed by atoms with Gasteiger partial charge in [0.1, 0.15) is 12.2 Å². The third-order valence-corrected chi connectivity index (χ3v) is 5.85. The highest BCUT2D eigenvalue weighted by atomic mass is 32.1. The van der Waals surface area contributed by atoms with Crippen LogP contribution in [0, 0.1) is 0 Å². The van der Waals surface area contributed by atoms with Crippen LogP contribution in [0.5, 0.6) is 5.88 Å². The van der Waals surface area contributed by atoms with Crippen molar-refractivity contribution in [3.63, 3.8) is 0 Å². The number of hydrogen-bond acceptors (Lipinski definition) is 7. The largest absolute Gasteiger partial charge is 0.474 e. The number of carbonyl (C=O) groups is 2.